The molecule has 7 nitrogen and oxygen atoms in total. The van der Waals surface area contributed by atoms with E-state index in [1.54, 1.807) is 18.2 Å². The Hall–Kier alpha value is -2.92. The van der Waals surface area contributed by atoms with E-state index in [-0.39, 0.29) is 16.5 Å². The molecular weight excluding hydrogens is 387 g/mol. The number of nitrogens with zero attached hydrogens (tertiary/aromatic N) is 3. The number of carboxylic acid groups (broad SMARTS) is 1. The van der Waals surface area contributed by atoms with Gasteiger partial charge in [0.05, 0.1) is 12.1 Å². The van der Waals surface area contributed by atoms with Gasteiger partial charge < -0.3 is 15.3 Å². The first-order valence-corrected chi connectivity index (χ1v) is 8.31. The maximum Gasteiger partial charge on any atom is 0.438 e. The quantitative estimate of drug-likeness (QED) is 0.730. The lowest BCUT2D eigenvalue weighted by Crippen LogP contribution is -2.55. The molecule has 0 spiro atoms. The highest BCUT2D eigenvalue weighted by Crippen LogP contribution is 2.43. The van der Waals surface area contributed by atoms with Crippen LogP contribution in [0.5, 0.6) is 5.75 Å². The Morgan fingerprint density at radius 3 is 2.59 bits per heavy atom. The van der Waals surface area contributed by atoms with Crippen LogP contribution < -0.4 is 5.01 Å². The highest BCUT2D eigenvalue weighted by atomic mass is 32.1. The van der Waals surface area contributed by atoms with Gasteiger partial charge in [0.2, 0.25) is 5.13 Å². The van der Waals surface area contributed by atoms with Crippen molar-refractivity contribution in [1.82, 2.24) is 4.98 Å². The van der Waals surface area contributed by atoms with E-state index in [1.165, 1.54) is 18.2 Å². The van der Waals surface area contributed by atoms with Crippen molar-refractivity contribution in [3.8, 4) is 5.75 Å². The van der Waals surface area contributed by atoms with E-state index in [1.807, 2.05) is 0 Å². The van der Waals surface area contributed by atoms with Crippen molar-refractivity contribution < 1.29 is 33.3 Å². The first kappa shape index (κ1) is 18.9. The molecule has 0 aliphatic carbocycles. The molecule has 3 N–H and O–H groups in total. The molecule has 1 unspecified atom stereocenters. The standard InChI is InChI=1S/C16H12F3N3O4S/c17-16(18,19)15(26)7-10(6-5-9-3-1-2-4-12(9)23)21-22(15)14-20-11(8-27-14)13(24)25/h1-6,8,23,26H,7H2,(H,24,25)/b6-5+. The Kier molecular flexibility index (Phi) is 4.66. The maximum absolute atomic E-state index is 13.5. The third-order valence-electron chi connectivity index (χ3n) is 3.74. The number of rotatable bonds is 4. The van der Waals surface area contributed by atoms with Gasteiger partial charge in [-0.15, -0.1) is 11.3 Å². The van der Waals surface area contributed by atoms with E-state index in [0.717, 1.165) is 5.38 Å². The Morgan fingerprint density at radius 1 is 1.30 bits per heavy atom. The van der Waals surface area contributed by atoms with Crippen LogP contribution in [0, 0.1) is 0 Å². The number of aromatic hydroxyl groups is 1. The lowest BCUT2D eigenvalue weighted by atomic mass is 10.1. The van der Waals surface area contributed by atoms with Gasteiger partial charge in [0, 0.05) is 10.9 Å². The second-order valence-corrected chi connectivity index (χ2v) is 6.44. The van der Waals surface area contributed by atoms with Crippen molar-refractivity contribution in [2.24, 2.45) is 5.10 Å². The Balaban J connectivity index is 1.97. The number of thiazole rings is 1. The third-order valence-corrected chi connectivity index (χ3v) is 4.56. The molecule has 1 aliphatic rings. The first-order chi connectivity index (χ1) is 12.6. The summed E-state index contributed by atoms with van der Waals surface area (Å²) in [7, 11) is 0. The monoisotopic (exact) mass is 399 g/mol. The predicted molar refractivity (Wildman–Crippen MR) is 91.7 cm³/mol. The molecule has 1 aromatic carbocycles. The lowest BCUT2D eigenvalue weighted by Gasteiger charge is -2.32. The first-order valence-electron chi connectivity index (χ1n) is 7.43. The largest absolute Gasteiger partial charge is 0.507 e. The predicted octanol–water partition coefficient (Wildman–Crippen LogP) is 3.08. The molecule has 0 radical (unpaired) electrons. The number of phenols is 1. The minimum Gasteiger partial charge on any atom is -0.507 e. The zero-order valence-corrected chi connectivity index (χ0v) is 14.2. The van der Waals surface area contributed by atoms with Crippen LogP contribution in [-0.4, -0.2) is 43.9 Å². The number of alkyl halides is 3. The van der Waals surface area contributed by atoms with Gasteiger partial charge in [-0.05, 0) is 18.2 Å². The normalized spacial score (nSPS) is 20.3. The van der Waals surface area contributed by atoms with Gasteiger partial charge in [-0.1, -0.05) is 18.2 Å². The Bertz CT molecular complexity index is 941. The number of allylic oxidation sites excluding steroid dienone is 1. The van der Waals surface area contributed by atoms with Gasteiger partial charge in [0.25, 0.3) is 5.72 Å². The SMILES string of the molecule is O=C(O)c1csc(N2N=C(/C=C/c3ccccc3O)CC2(O)C(F)(F)F)n1. The van der Waals surface area contributed by atoms with Gasteiger partial charge in [-0.25, -0.2) is 9.78 Å². The smallest absolute Gasteiger partial charge is 0.438 e. The number of para-hydroxylation sites is 1. The van der Waals surface area contributed by atoms with Crippen LogP contribution in [0.25, 0.3) is 6.08 Å². The summed E-state index contributed by atoms with van der Waals surface area (Å²) < 4.78 is 40.4. The van der Waals surface area contributed by atoms with Crippen LogP contribution in [0.3, 0.4) is 0 Å². The van der Waals surface area contributed by atoms with E-state index in [0.29, 0.717) is 16.9 Å². The van der Waals surface area contributed by atoms with Crippen LogP contribution in [0.4, 0.5) is 18.3 Å². The minimum atomic E-state index is -5.07. The van der Waals surface area contributed by atoms with Crippen LogP contribution in [0.15, 0.2) is 40.8 Å². The molecule has 27 heavy (non-hydrogen) atoms. The second kappa shape index (κ2) is 6.67. The third kappa shape index (κ3) is 3.51. The van der Waals surface area contributed by atoms with Crippen LogP contribution in [-0.2, 0) is 0 Å². The van der Waals surface area contributed by atoms with Crippen molar-refractivity contribution in [2.45, 2.75) is 18.3 Å². The average Bonchev–Trinajstić information content (AvgIpc) is 3.19. The number of hydrazone groups is 1. The molecule has 2 aromatic rings. The average molecular weight is 399 g/mol. The summed E-state index contributed by atoms with van der Waals surface area (Å²) in [6, 6.07) is 6.19. The Labute approximate surface area is 154 Å². The number of aromatic nitrogens is 1. The molecule has 142 valence electrons. The van der Waals surface area contributed by atoms with Crippen molar-refractivity contribution >= 4 is 34.2 Å². The van der Waals surface area contributed by atoms with Gasteiger partial charge in [0.1, 0.15) is 5.75 Å². The van der Waals surface area contributed by atoms with Gasteiger partial charge in [-0.2, -0.15) is 23.3 Å². The van der Waals surface area contributed by atoms with E-state index in [2.05, 4.69) is 10.1 Å². The number of aromatic carboxylic acids is 1. The summed E-state index contributed by atoms with van der Waals surface area (Å²) in [6.07, 6.45) is -3.37. The molecular formula is C16H12F3N3O4S. The van der Waals surface area contributed by atoms with Crippen molar-refractivity contribution in [1.29, 1.82) is 0 Å². The van der Waals surface area contributed by atoms with Gasteiger partial charge in [0.15, 0.2) is 5.69 Å². The van der Waals surface area contributed by atoms with Crippen LogP contribution in [0.1, 0.15) is 22.5 Å². The van der Waals surface area contributed by atoms with Crippen molar-refractivity contribution in [3.63, 3.8) is 0 Å². The highest BCUT2D eigenvalue weighted by Gasteiger charge is 2.62. The molecule has 3 rings (SSSR count). The molecule has 0 amide bonds. The number of aliphatic hydroxyl groups is 1. The van der Waals surface area contributed by atoms with E-state index in [4.69, 9.17) is 5.11 Å². The van der Waals surface area contributed by atoms with Crippen molar-refractivity contribution in [2.75, 3.05) is 5.01 Å². The van der Waals surface area contributed by atoms with Gasteiger partial charge in [-0.3, -0.25) is 0 Å². The van der Waals surface area contributed by atoms with E-state index < -0.39 is 35.1 Å². The number of hydrogen-bond acceptors (Lipinski definition) is 7. The molecule has 0 saturated carbocycles. The topological polar surface area (TPSA) is 106 Å². The summed E-state index contributed by atoms with van der Waals surface area (Å²) in [5, 5.41) is 33.5. The maximum atomic E-state index is 13.5. The number of anilines is 1. The fourth-order valence-electron chi connectivity index (χ4n) is 2.36. The molecule has 1 atom stereocenters. The molecule has 2 heterocycles. The van der Waals surface area contributed by atoms with Gasteiger partial charge >= 0.3 is 12.1 Å². The minimum absolute atomic E-state index is 0.0682. The zero-order chi connectivity index (χ0) is 19.8. The molecule has 11 heteroatoms. The van der Waals surface area contributed by atoms with E-state index >= 15 is 0 Å². The number of carboxylic acids is 1. The van der Waals surface area contributed by atoms with Crippen molar-refractivity contribution in [3.05, 3.63) is 47.0 Å². The summed E-state index contributed by atoms with van der Waals surface area (Å²) in [6.45, 7) is 0. The number of hydrogen-bond donors (Lipinski definition) is 3. The molecule has 1 aromatic heterocycles. The number of phenolic OH excluding ortho intramolecular Hbond substituents is 1. The summed E-state index contributed by atoms with van der Waals surface area (Å²) in [5.41, 5.74) is -3.58. The number of carbonyl (C=O) groups is 1. The fraction of sp³-hybridized carbons (Fsp3) is 0.188. The lowest BCUT2D eigenvalue weighted by molar-refractivity contribution is -0.254. The van der Waals surface area contributed by atoms with Crippen LogP contribution >= 0.6 is 11.3 Å². The Morgan fingerprint density at radius 2 is 2.00 bits per heavy atom. The fourth-order valence-corrected chi connectivity index (χ4v) is 3.18. The zero-order valence-electron chi connectivity index (χ0n) is 13.4. The van der Waals surface area contributed by atoms with E-state index in [9.17, 15) is 28.2 Å². The summed E-state index contributed by atoms with van der Waals surface area (Å²) in [5.74, 6) is -1.47. The molecule has 1 aliphatic heterocycles. The summed E-state index contributed by atoms with van der Waals surface area (Å²) in [4.78, 5) is 14.5. The number of halogens is 3. The number of benzene rings is 1. The molecule has 0 saturated heterocycles. The molecule has 0 fully saturated rings. The summed E-state index contributed by atoms with van der Waals surface area (Å²) >= 11 is 0.615. The highest BCUT2D eigenvalue weighted by molar-refractivity contribution is 7.14. The second-order valence-electron chi connectivity index (χ2n) is 5.61. The molecule has 0 bridgehead atoms. The van der Waals surface area contributed by atoms with Crippen LogP contribution in [0.2, 0.25) is 0 Å².